The largest absolute Gasteiger partial charge is 0.346 e. The molecule has 0 aliphatic heterocycles. The minimum Gasteiger partial charge on any atom is -0.346 e. The normalized spacial score (nSPS) is 12.8. The molecule has 0 unspecified atom stereocenters. The Bertz CT molecular complexity index is 867. The van der Waals surface area contributed by atoms with Crippen LogP contribution in [0.25, 0.3) is 11.2 Å². The molecule has 0 bridgehead atoms. The molecule has 0 saturated heterocycles. The second-order valence-corrected chi connectivity index (χ2v) is 8.32. The highest BCUT2D eigenvalue weighted by Crippen LogP contribution is 2.27. The van der Waals surface area contributed by atoms with E-state index in [9.17, 15) is 4.79 Å². The van der Waals surface area contributed by atoms with Crippen LogP contribution < -0.4 is 5.32 Å². The summed E-state index contributed by atoms with van der Waals surface area (Å²) >= 11 is 1.61. The van der Waals surface area contributed by atoms with Crippen LogP contribution in [0.15, 0.2) is 35.8 Å². The van der Waals surface area contributed by atoms with E-state index < -0.39 is 0 Å². The Morgan fingerprint density at radius 2 is 2.04 bits per heavy atom. The van der Waals surface area contributed by atoms with Gasteiger partial charge in [0, 0.05) is 17.1 Å². The van der Waals surface area contributed by atoms with Crippen molar-refractivity contribution in [2.75, 3.05) is 0 Å². The predicted molar refractivity (Wildman–Crippen MR) is 106 cm³/mol. The molecule has 3 aromatic heterocycles. The topological polar surface area (TPSA) is 59.8 Å². The highest BCUT2D eigenvalue weighted by molar-refractivity contribution is 7.10. The first kappa shape index (κ1) is 18.6. The van der Waals surface area contributed by atoms with Gasteiger partial charge in [0.15, 0.2) is 5.65 Å². The van der Waals surface area contributed by atoms with Gasteiger partial charge in [0.05, 0.1) is 12.5 Å². The van der Waals surface area contributed by atoms with E-state index in [1.807, 2.05) is 29.6 Å². The molecule has 3 rings (SSSR count). The number of thiophene rings is 1. The monoisotopic (exact) mass is 370 g/mol. The zero-order chi connectivity index (χ0) is 18.7. The summed E-state index contributed by atoms with van der Waals surface area (Å²) in [6.07, 6.45) is 3.04. The third-order valence-corrected chi connectivity index (χ3v) is 5.14. The number of nitrogens with zero attached hydrogens (tertiary/aromatic N) is 3. The van der Waals surface area contributed by atoms with E-state index in [1.165, 1.54) is 0 Å². The molecule has 6 heteroatoms. The Morgan fingerprint density at radius 1 is 1.23 bits per heavy atom. The first-order valence-corrected chi connectivity index (χ1v) is 9.98. The molecule has 1 N–H and O–H groups in total. The third-order valence-electron chi connectivity index (χ3n) is 4.26. The summed E-state index contributed by atoms with van der Waals surface area (Å²) in [7, 11) is 0. The van der Waals surface area contributed by atoms with Gasteiger partial charge in [-0.3, -0.25) is 4.79 Å². The fourth-order valence-corrected chi connectivity index (χ4v) is 3.92. The van der Waals surface area contributed by atoms with Crippen LogP contribution in [-0.2, 0) is 11.2 Å². The molecule has 3 aromatic rings. The van der Waals surface area contributed by atoms with E-state index >= 15 is 0 Å². The van der Waals surface area contributed by atoms with E-state index in [0.29, 0.717) is 12.3 Å². The van der Waals surface area contributed by atoms with Crippen LogP contribution in [0.5, 0.6) is 0 Å². The van der Waals surface area contributed by atoms with E-state index in [4.69, 9.17) is 4.98 Å². The van der Waals surface area contributed by atoms with Crippen LogP contribution in [0.3, 0.4) is 0 Å². The molecular weight excluding hydrogens is 344 g/mol. The van der Waals surface area contributed by atoms with Crippen molar-refractivity contribution in [2.24, 2.45) is 5.92 Å². The summed E-state index contributed by atoms with van der Waals surface area (Å²) in [5, 5.41) is 5.21. The fourth-order valence-electron chi connectivity index (χ4n) is 3.22. The molecule has 1 atom stereocenters. The van der Waals surface area contributed by atoms with Gasteiger partial charge in [-0.1, -0.05) is 19.9 Å². The number of hydrogen-bond donors (Lipinski definition) is 1. The molecule has 0 fully saturated rings. The number of pyridine rings is 1. The molecule has 138 valence electrons. The maximum atomic E-state index is 12.6. The molecule has 26 heavy (non-hydrogen) atoms. The third kappa shape index (κ3) is 4.12. The number of hydrogen-bond acceptors (Lipinski definition) is 4. The van der Waals surface area contributed by atoms with Crippen molar-refractivity contribution in [1.82, 2.24) is 19.9 Å². The van der Waals surface area contributed by atoms with Crippen LogP contribution in [0.2, 0.25) is 0 Å². The smallest absolute Gasteiger partial charge is 0.225 e. The first-order valence-electron chi connectivity index (χ1n) is 9.10. The molecule has 0 aromatic carbocycles. The van der Waals surface area contributed by atoms with Crippen LogP contribution in [-0.4, -0.2) is 20.4 Å². The fraction of sp³-hybridized carbons (Fsp3) is 0.450. The second kappa shape index (κ2) is 7.99. The number of imidazole rings is 1. The van der Waals surface area contributed by atoms with Gasteiger partial charge in [-0.05, 0) is 49.8 Å². The van der Waals surface area contributed by atoms with Crippen LogP contribution >= 0.6 is 11.3 Å². The molecule has 0 saturated carbocycles. The molecule has 0 aliphatic carbocycles. The lowest BCUT2D eigenvalue weighted by Gasteiger charge is -2.23. The van der Waals surface area contributed by atoms with Crippen molar-refractivity contribution in [3.63, 3.8) is 0 Å². The Balaban J connectivity index is 1.93. The van der Waals surface area contributed by atoms with Crippen molar-refractivity contribution in [1.29, 1.82) is 0 Å². The maximum absolute atomic E-state index is 12.6. The summed E-state index contributed by atoms with van der Waals surface area (Å²) in [5.41, 5.74) is 1.75. The van der Waals surface area contributed by atoms with Crippen molar-refractivity contribution >= 4 is 28.4 Å². The van der Waals surface area contributed by atoms with Gasteiger partial charge >= 0.3 is 0 Å². The van der Waals surface area contributed by atoms with Gasteiger partial charge < -0.3 is 9.88 Å². The number of fused-ring (bicyclic) bond motifs is 1. The van der Waals surface area contributed by atoms with Gasteiger partial charge in [0.25, 0.3) is 0 Å². The minimum atomic E-state index is -0.126. The number of carbonyl (C=O) groups excluding carboxylic acids is 1. The van der Waals surface area contributed by atoms with Gasteiger partial charge in [-0.25, -0.2) is 9.97 Å². The molecular formula is C20H26N4OS. The van der Waals surface area contributed by atoms with Gasteiger partial charge in [0.1, 0.15) is 11.3 Å². The molecule has 5 nitrogen and oxygen atoms in total. The number of amides is 1. The van der Waals surface area contributed by atoms with Crippen LogP contribution in [0.1, 0.15) is 56.9 Å². The lowest BCUT2D eigenvalue weighted by Crippen LogP contribution is -2.32. The Labute approximate surface area is 158 Å². The first-order chi connectivity index (χ1) is 12.5. The molecule has 0 spiro atoms. The van der Waals surface area contributed by atoms with E-state index in [1.54, 1.807) is 17.5 Å². The van der Waals surface area contributed by atoms with E-state index in [0.717, 1.165) is 28.3 Å². The lowest BCUT2D eigenvalue weighted by molar-refractivity contribution is -0.121. The van der Waals surface area contributed by atoms with Gasteiger partial charge in [-0.15, -0.1) is 11.3 Å². The maximum Gasteiger partial charge on any atom is 0.225 e. The molecule has 0 radical (unpaired) electrons. The highest BCUT2D eigenvalue weighted by Gasteiger charge is 2.25. The highest BCUT2D eigenvalue weighted by atomic mass is 32.1. The van der Waals surface area contributed by atoms with E-state index in [-0.39, 0.29) is 18.0 Å². The van der Waals surface area contributed by atoms with Crippen molar-refractivity contribution in [3.8, 4) is 0 Å². The predicted octanol–water partition coefficient (Wildman–Crippen LogP) is 4.52. The number of rotatable bonds is 7. The molecule has 1 amide bonds. The summed E-state index contributed by atoms with van der Waals surface area (Å²) in [5.74, 6) is 1.37. The Morgan fingerprint density at radius 3 is 2.69 bits per heavy atom. The average Bonchev–Trinajstić information content (AvgIpc) is 3.20. The Kier molecular flexibility index (Phi) is 5.71. The summed E-state index contributed by atoms with van der Waals surface area (Å²) < 4.78 is 2.15. The number of nitrogens with one attached hydrogen (secondary N) is 1. The van der Waals surface area contributed by atoms with Crippen LogP contribution in [0, 0.1) is 5.92 Å². The summed E-state index contributed by atoms with van der Waals surface area (Å²) in [6.45, 7) is 8.58. The summed E-state index contributed by atoms with van der Waals surface area (Å²) in [6, 6.07) is 7.94. The number of aromatic nitrogens is 3. The van der Waals surface area contributed by atoms with Crippen molar-refractivity contribution in [2.45, 2.75) is 52.6 Å². The minimum absolute atomic E-state index is 0.0356. The number of carbonyl (C=O) groups is 1. The zero-order valence-electron chi connectivity index (χ0n) is 15.8. The SMILES string of the molecule is CC(C)C[C@@H](NC(=O)Cc1cccs1)c1nc2cccnc2n1C(C)C. The van der Waals surface area contributed by atoms with Crippen molar-refractivity contribution < 1.29 is 4.79 Å². The van der Waals surface area contributed by atoms with E-state index in [2.05, 4.69) is 42.6 Å². The lowest BCUT2D eigenvalue weighted by atomic mass is 10.0. The zero-order valence-corrected chi connectivity index (χ0v) is 16.6. The van der Waals surface area contributed by atoms with Crippen molar-refractivity contribution in [3.05, 3.63) is 46.5 Å². The standard InChI is InChI=1S/C20H26N4OS/c1-13(2)11-17(22-18(25)12-15-7-6-10-26-15)20-23-16-8-5-9-21-19(16)24(20)14(3)4/h5-10,13-14,17H,11-12H2,1-4H3,(H,22,25)/t17-/m1/s1. The molecule has 0 aliphatic rings. The quantitative estimate of drug-likeness (QED) is 0.665. The Hall–Kier alpha value is -2.21. The molecule has 3 heterocycles. The van der Waals surface area contributed by atoms with Crippen LogP contribution in [0.4, 0.5) is 0 Å². The summed E-state index contributed by atoms with van der Waals surface area (Å²) in [4.78, 5) is 23.0. The average molecular weight is 371 g/mol. The second-order valence-electron chi connectivity index (χ2n) is 7.29. The van der Waals surface area contributed by atoms with Gasteiger partial charge in [0.2, 0.25) is 5.91 Å². The van der Waals surface area contributed by atoms with Gasteiger partial charge in [-0.2, -0.15) is 0 Å².